The third-order valence-electron chi connectivity index (χ3n) is 4.72. The summed E-state index contributed by atoms with van der Waals surface area (Å²) in [6, 6.07) is 1.90. The second-order valence-corrected chi connectivity index (χ2v) is 6.48. The molecule has 1 amide bonds. The molecule has 0 bridgehead atoms. The van der Waals surface area contributed by atoms with Crippen LogP contribution in [0.1, 0.15) is 32.1 Å². The summed E-state index contributed by atoms with van der Waals surface area (Å²) in [5.74, 6) is 1.61. The van der Waals surface area contributed by atoms with Gasteiger partial charge in [-0.25, -0.2) is 4.68 Å². The molecule has 6 nitrogen and oxygen atoms in total. The van der Waals surface area contributed by atoms with E-state index in [9.17, 15) is 4.79 Å². The maximum Gasteiger partial charge on any atom is 0.239 e. The van der Waals surface area contributed by atoms with Crippen molar-refractivity contribution in [2.24, 2.45) is 5.92 Å². The zero-order valence-corrected chi connectivity index (χ0v) is 13.3. The third kappa shape index (κ3) is 4.30. The normalized spacial score (nSPS) is 20.9. The summed E-state index contributed by atoms with van der Waals surface area (Å²) >= 11 is 0. The van der Waals surface area contributed by atoms with E-state index in [0.717, 1.165) is 38.5 Å². The van der Waals surface area contributed by atoms with E-state index in [4.69, 9.17) is 0 Å². The molecule has 1 aliphatic heterocycles. The lowest BCUT2D eigenvalue weighted by Crippen LogP contribution is -2.46. The molecule has 3 rings (SSSR count). The van der Waals surface area contributed by atoms with Crippen LogP contribution >= 0.6 is 0 Å². The van der Waals surface area contributed by atoms with E-state index in [1.54, 1.807) is 6.20 Å². The second kappa shape index (κ2) is 7.74. The molecule has 0 aromatic carbocycles. The van der Waals surface area contributed by atoms with Crippen molar-refractivity contribution < 1.29 is 4.79 Å². The Morgan fingerprint density at radius 3 is 2.82 bits per heavy atom. The molecule has 2 N–H and O–H groups in total. The Hall–Kier alpha value is -1.40. The number of aromatic nitrogens is 2. The van der Waals surface area contributed by atoms with Crippen molar-refractivity contribution in [3.05, 3.63) is 12.3 Å². The molecule has 0 atom stereocenters. The van der Waals surface area contributed by atoms with Gasteiger partial charge in [0.1, 0.15) is 5.82 Å². The minimum atomic E-state index is 0.0623. The number of piperazine rings is 1. The zero-order valence-electron chi connectivity index (χ0n) is 13.3. The molecule has 6 heteroatoms. The first-order chi connectivity index (χ1) is 10.8. The molecule has 1 aromatic heterocycles. The smallest absolute Gasteiger partial charge is 0.239 e. The van der Waals surface area contributed by atoms with Gasteiger partial charge < -0.3 is 10.6 Å². The first kappa shape index (κ1) is 15.5. The lowest BCUT2D eigenvalue weighted by molar-refractivity contribution is -0.117. The quantitative estimate of drug-likeness (QED) is 0.861. The lowest BCUT2D eigenvalue weighted by atomic mass is 9.89. The van der Waals surface area contributed by atoms with E-state index >= 15 is 0 Å². The molecule has 122 valence electrons. The van der Waals surface area contributed by atoms with Gasteiger partial charge in [0.2, 0.25) is 5.91 Å². The van der Waals surface area contributed by atoms with Gasteiger partial charge in [0.05, 0.1) is 12.7 Å². The topological polar surface area (TPSA) is 62.2 Å². The van der Waals surface area contributed by atoms with E-state index in [0.29, 0.717) is 12.5 Å². The number of carbonyl (C=O) groups is 1. The fourth-order valence-electron chi connectivity index (χ4n) is 3.45. The van der Waals surface area contributed by atoms with Crippen molar-refractivity contribution in [2.45, 2.75) is 38.6 Å². The number of hydrogen-bond acceptors (Lipinski definition) is 4. The summed E-state index contributed by atoms with van der Waals surface area (Å²) in [5.41, 5.74) is 0. The van der Waals surface area contributed by atoms with Gasteiger partial charge in [-0.2, -0.15) is 5.10 Å². The van der Waals surface area contributed by atoms with Crippen LogP contribution in [-0.2, 0) is 11.3 Å². The predicted molar refractivity (Wildman–Crippen MR) is 86.7 cm³/mol. The number of nitrogens with one attached hydrogen (secondary N) is 2. The van der Waals surface area contributed by atoms with Crippen molar-refractivity contribution in [3.8, 4) is 0 Å². The monoisotopic (exact) mass is 305 g/mol. The second-order valence-electron chi connectivity index (χ2n) is 6.48. The largest absolute Gasteiger partial charge is 0.314 e. The molecule has 1 saturated heterocycles. The van der Waals surface area contributed by atoms with Gasteiger partial charge in [-0.05, 0) is 18.8 Å². The molecule has 2 heterocycles. The van der Waals surface area contributed by atoms with Crippen LogP contribution in [0.15, 0.2) is 12.3 Å². The summed E-state index contributed by atoms with van der Waals surface area (Å²) in [6.07, 6.45) is 8.38. The van der Waals surface area contributed by atoms with Crippen molar-refractivity contribution >= 4 is 11.7 Å². The number of carbonyl (C=O) groups excluding carboxylic acids is 1. The number of rotatable bonds is 5. The minimum absolute atomic E-state index is 0.0623. The molecule has 1 saturated carbocycles. The fourth-order valence-corrected chi connectivity index (χ4v) is 3.45. The highest BCUT2D eigenvalue weighted by molar-refractivity contribution is 5.91. The SMILES string of the molecule is O=C(CN1CCNCC1)Nc1ccnn1CC1CCCCC1. The van der Waals surface area contributed by atoms with E-state index in [1.165, 1.54) is 32.1 Å². The highest BCUT2D eigenvalue weighted by atomic mass is 16.2. The molecule has 2 aliphatic rings. The highest BCUT2D eigenvalue weighted by Crippen LogP contribution is 2.25. The maximum atomic E-state index is 12.2. The first-order valence-electron chi connectivity index (χ1n) is 8.56. The van der Waals surface area contributed by atoms with E-state index < -0.39 is 0 Å². The molecular formula is C16H27N5O. The zero-order chi connectivity index (χ0) is 15.2. The molecule has 22 heavy (non-hydrogen) atoms. The number of anilines is 1. The molecular weight excluding hydrogens is 278 g/mol. The molecule has 1 aliphatic carbocycles. The number of hydrogen-bond donors (Lipinski definition) is 2. The van der Waals surface area contributed by atoms with Crippen molar-refractivity contribution in [2.75, 3.05) is 38.0 Å². The Bertz CT molecular complexity index is 475. The summed E-state index contributed by atoms with van der Waals surface area (Å²) < 4.78 is 1.96. The maximum absolute atomic E-state index is 12.2. The van der Waals surface area contributed by atoms with Gasteiger partial charge in [0, 0.05) is 38.8 Å². The number of amides is 1. The standard InChI is InChI=1S/C16H27N5O/c22-16(13-20-10-8-17-9-11-20)19-15-6-7-18-21(15)12-14-4-2-1-3-5-14/h6-7,14,17H,1-5,8-13H2,(H,19,22). The van der Waals surface area contributed by atoms with Gasteiger partial charge in [0.25, 0.3) is 0 Å². The van der Waals surface area contributed by atoms with Crippen molar-refractivity contribution in [3.63, 3.8) is 0 Å². The van der Waals surface area contributed by atoms with Gasteiger partial charge in [-0.1, -0.05) is 19.3 Å². The Balaban J connectivity index is 1.51. The van der Waals surface area contributed by atoms with Crippen LogP contribution in [0, 0.1) is 5.92 Å². The third-order valence-corrected chi connectivity index (χ3v) is 4.72. The van der Waals surface area contributed by atoms with E-state index in [1.807, 2.05) is 10.7 Å². The molecule has 1 aromatic rings. The predicted octanol–water partition coefficient (Wildman–Crippen LogP) is 1.31. The van der Waals surface area contributed by atoms with Crippen LogP contribution in [0.4, 0.5) is 5.82 Å². The molecule has 0 radical (unpaired) electrons. The van der Waals surface area contributed by atoms with Gasteiger partial charge in [-0.15, -0.1) is 0 Å². The lowest BCUT2D eigenvalue weighted by Gasteiger charge is -2.26. The Morgan fingerprint density at radius 2 is 2.05 bits per heavy atom. The Labute approximate surface area is 132 Å². The van der Waals surface area contributed by atoms with Crippen LogP contribution in [0.3, 0.4) is 0 Å². The van der Waals surface area contributed by atoms with Crippen LogP contribution in [0.25, 0.3) is 0 Å². The van der Waals surface area contributed by atoms with Crippen LogP contribution in [-0.4, -0.2) is 53.3 Å². The summed E-state index contributed by atoms with van der Waals surface area (Å²) in [4.78, 5) is 14.4. The first-order valence-corrected chi connectivity index (χ1v) is 8.56. The average Bonchev–Trinajstić information content (AvgIpc) is 2.96. The fraction of sp³-hybridized carbons (Fsp3) is 0.750. The van der Waals surface area contributed by atoms with E-state index in [2.05, 4.69) is 20.6 Å². The summed E-state index contributed by atoms with van der Waals surface area (Å²) in [7, 11) is 0. The van der Waals surface area contributed by atoms with Crippen LogP contribution < -0.4 is 10.6 Å². The Morgan fingerprint density at radius 1 is 1.27 bits per heavy atom. The minimum Gasteiger partial charge on any atom is -0.314 e. The highest BCUT2D eigenvalue weighted by Gasteiger charge is 2.18. The summed E-state index contributed by atoms with van der Waals surface area (Å²) in [5, 5.41) is 10.7. The van der Waals surface area contributed by atoms with Gasteiger partial charge in [-0.3, -0.25) is 9.69 Å². The van der Waals surface area contributed by atoms with Gasteiger partial charge >= 0.3 is 0 Å². The Kier molecular flexibility index (Phi) is 5.45. The van der Waals surface area contributed by atoms with Crippen LogP contribution in [0.2, 0.25) is 0 Å². The average molecular weight is 305 g/mol. The summed E-state index contributed by atoms with van der Waals surface area (Å²) in [6.45, 7) is 5.20. The molecule has 0 unspecified atom stereocenters. The number of nitrogens with zero attached hydrogens (tertiary/aromatic N) is 3. The van der Waals surface area contributed by atoms with Crippen LogP contribution in [0.5, 0.6) is 0 Å². The van der Waals surface area contributed by atoms with Crippen molar-refractivity contribution in [1.29, 1.82) is 0 Å². The van der Waals surface area contributed by atoms with E-state index in [-0.39, 0.29) is 5.91 Å². The van der Waals surface area contributed by atoms with Gasteiger partial charge in [0.15, 0.2) is 0 Å². The molecule has 2 fully saturated rings. The van der Waals surface area contributed by atoms with Crippen molar-refractivity contribution in [1.82, 2.24) is 20.0 Å². The molecule has 0 spiro atoms.